The predicted octanol–water partition coefficient (Wildman–Crippen LogP) is 2.55. The van der Waals surface area contributed by atoms with E-state index in [4.69, 9.17) is 16.7 Å². The minimum absolute atomic E-state index is 0.117. The Morgan fingerprint density at radius 2 is 1.82 bits per heavy atom. The highest BCUT2D eigenvalue weighted by molar-refractivity contribution is 6.31. The fraction of sp³-hybridized carbons (Fsp3) is 0.400. The number of aromatic nitrogens is 4. The Balaban J connectivity index is 1.25. The first-order valence-corrected chi connectivity index (χ1v) is 10.1. The lowest BCUT2D eigenvalue weighted by Crippen LogP contribution is -2.49. The van der Waals surface area contributed by atoms with Crippen molar-refractivity contribution in [1.82, 2.24) is 24.7 Å². The molecule has 1 aliphatic carbocycles. The zero-order valence-corrected chi connectivity index (χ0v) is 16.2. The third kappa shape index (κ3) is 3.30. The average molecular weight is 397 g/mol. The molecule has 0 N–H and O–H groups in total. The van der Waals surface area contributed by atoms with E-state index in [2.05, 4.69) is 15.1 Å². The highest BCUT2D eigenvalue weighted by Gasteiger charge is 2.30. The van der Waals surface area contributed by atoms with Gasteiger partial charge in [-0.05, 0) is 36.6 Å². The van der Waals surface area contributed by atoms with Crippen molar-refractivity contribution < 1.29 is 4.79 Å². The van der Waals surface area contributed by atoms with Crippen molar-refractivity contribution in [3.8, 4) is 0 Å². The zero-order valence-electron chi connectivity index (χ0n) is 15.5. The van der Waals surface area contributed by atoms with Crippen molar-refractivity contribution in [3.63, 3.8) is 0 Å². The lowest BCUT2D eigenvalue weighted by Gasteiger charge is -2.35. The highest BCUT2D eigenvalue weighted by atomic mass is 35.5. The average Bonchev–Trinajstić information content (AvgIpc) is 3.48. The Morgan fingerprint density at radius 3 is 2.57 bits per heavy atom. The maximum atomic E-state index is 12.6. The molecule has 5 rings (SSSR count). The van der Waals surface area contributed by atoms with E-state index in [9.17, 15) is 4.79 Å². The van der Waals surface area contributed by atoms with Gasteiger partial charge < -0.3 is 9.80 Å². The summed E-state index contributed by atoms with van der Waals surface area (Å²) in [5.74, 6) is 2.49. The van der Waals surface area contributed by atoms with Crippen LogP contribution < -0.4 is 4.90 Å². The van der Waals surface area contributed by atoms with E-state index in [1.165, 1.54) is 12.8 Å². The number of anilines is 1. The number of carbonyl (C=O) groups excluding carboxylic acids is 1. The summed E-state index contributed by atoms with van der Waals surface area (Å²) in [4.78, 5) is 16.8. The number of piperazine rings is 1. The van der Waals surface area contributed by atoms with Gasteiger partial charge in [-0.25, -0.2) is 0 Å². The summed E-state index contributed by atoms with van der Waals surface area (Å²) in [6, 6.07) is 11.5. The highest BCUT2D eigenvalue weighted by Crippen LogP contribution is 2.38. The molecule has 3 heterocycles. The predicted molar refractivity (Wildman–Crippen MR) is 107 cm³/mol. The lowest BCUT2D eigenvalue weighted by atomic mass is 10.1. The van der Waals surface area contributed by atoms with E-state index >= 15 is 0 Å². The third-order valence-corrected chi connectivity index (χ3v) is 5.84. The van der Waals surface area contributed by atoms with E-state index in [1.54, 1.807) is 0 Å². The Hall–Kier alpha value is -2.67. The summed E-state index contributed by atoms with van der Waals surface area (Å²) in [6.45, 7) is 2.88. The Bertz CT molecular complexity index is 1020. The SMILES string of the molecule is O=C(Cc1ccccc1Cl)N1CCN(c2ccc3nnc(C4CC4)n3n2)CC1. The molecule has 0 unspecified atom stereocenters. The van der Waals surface area contributed by atoms with Crippen molar-refractivity contribution in [1.29, 1.82) is 0 Å². The second kappa shape index (κ2) is 7.05. The summed E-state index contributed by atoms with van der Waals surface area (Å²) in [7, 11) is 0. The zero-order chi connectivity index (χ0) is 19.1. The molecule has 1 saturated carbocycles. The molecular formula is C20H21ClN6O. The van der Waals surface area contributed by atoms with Crippen molar-refractivity contribution in [3.05, 3.63) is 52.8 Å². The van der Waals surface area contributed by atoms with Crippen LogP contribution in [0.25, 0.3) is 5.65 Å². The molecule has 0 radical (unpaired) electrons. The van der Waals surface area contributed by atoms with Crippen LogP contribution in [-0.2, 0) is 11.2 Å². The molecule has 0 atom stereocenters. The van der Waals surface area contributed by atoms with Gasteiger partial charge in [0.15, 0.2) is 11.5 Å². The van der Waals surface area contributed by atoms with E-state index < -0.39 is 0 Å². The fourth-order valence-corrected chi connectivity index (χ4v) is 3.86. The van der Waals surface area contributed by atoms with Crippen LogP contribution in [0.3, 0.4) is 0 Å². The van der Waals surface area contributed by atoms with Gasteiger partial charge in [-0.2, -0.15) is 4.52 Å². The molecule has 3 aromatic rings. The van der Waals surface area contributed by atoms with Gasteiger partial charge in [0.2, 0.25) is 5.91 Å². The number of fused-ring (bicyclic) bond motifs is 1. The fourth-order valence-electron chi connectivity index (χ4n) is 3.66. The molecular weight excluding hydrogens is 376 g/mol. The second-order valence-electron chi connectivity index (χ2n) is 7.43. The molecule has 1 amide bonds. The van der Waals surface area contributed by atoms with Gasteiger partial charge in [-0.1, -0.05) is 29.8 Å². The van der Waals surface area contributed by atoms with Crippen LogP contribution in [0.15, 0.2) is 36.4 Å². The van der Waals surface area contributed by atoms with Crippen LogP contribution in [0.5, 0.6) is 0 Å². The molecule has 2 fully saturated rings. The number of carbonyl (C=O) groups is 1. The summed E-state index contributed by atoms with van der Waals surface area (Å²) < 4.78 is 1.88. The van der Waals surface area contributed by atoms with E-state index in [1.807, 2.05) is 45.8 Å². The van der Waals surface area contributed by atoms with Gasteiger partial charge in [0.1, 0.15) is 5.82 Å². The number of hydrogen-bond donors (Lipinski definition) is 0. The quantitative estimate of drug-likeness (QED) is 0.678. The Morgan fingerprint density at radius 1 is 1.04 bits per heavy atom. The largest absolute Gasteiger partial charge is 0.352 e. The molecule has 0 bridgehead atoms. The first-order valence-electron chi connectivity index (χ1n) is 9.67. The van der Waals surface area contributed by atoms with Gasteiger partial charge in [0, 0.05) is 37.1 Å². The first kappa shape index (κ1) is 17.4. The minimum atomic E-state index is 0.117. The summed E-state index contributed by atoms with van der Waals surface area (Å²) in [6.07, 6.45) is 2.67. The normalized spacial score (nSPS) is 17.3. The van der Waals surface area contributed by atoms with Crippen LogP contribution in [0.2, 0.25) is 5.02 Å². The number of rotatable bonds is 4. The Kier molecular flexibility index (Phi) is 4.39. The van der Waals surface area contributed by atoms with Crippen LogP contribution >= 0.6 is 11.6 Å². The maximum absolute atomic E-state index is 12.6. The molecule has 1 aromatic carbocycles. The molecule has 7 nitrogen and oxygen atoms in total. The monoisotopic (exact) mass is 396 g/mol. The molecule has 144 valence electrons. The lowest BCUT2D eigenvalue weighted by molar-refractivity contribution is -0.130. The smallest absolute Gasteiger partial charge is 0.227 e. The van der Waals surface area contributed by atoms with Crippen molar-refractivity contribution in [2.75, 3.05) is 31.1 Å². The Labute approximate surface area is 167 Å². The number of hydrogen-bond acceptors (Lipinski definition) is 5. The second-order valence-corrected chi connectivity index (χ2v) is 7.84. The molecule has 1 aliphatic heterocycles. The molecule has 1 saturated heterocycles. The number of amides is 1. The van der Waals surface area contributed by atoms with Gasteiger partial charge >= 0.3 is 0 Å². The number of benzene rings is 1. The molecule has 0 spiro atoms. The topological polar surface area (TPSA) is 66.6 Å². The van der Waals surface area contributed by atoms with Gasteiger partial charge in [0.05, 0.1) is 6.42 Å². The van der Waals surface area contributed by atoms with Gasteiger partial charge in [-0.3, -0.25) is 4.79 Å². The summed E-state index contributed by atoms with van der Waals surface area (Å²) in [5.41, 5.74) is 1.67. The van der Waals surface area contributed by atoms with E-state index in [-0.39, 0.29) is 5.91 Å². The van der Waals surface area contributed by atoms with Crippen molar-refractivity contribution >= 4 is 29.0 Å². The van der Waals surface area contributed by atoms with Crippen LogP contribution in [-0.4, -0.2) is 56.8 Å². The summed E-state index contributed by atoms with van der Waals surface area (Å²) >= 11 is 6.19. The van der Waals surface area contributed by atoms with Crippen LogP contribution in [0.1, 0.15) is 30.1 Å². The van der Waals surface area contributed by atoms with Crippen LogP contribution in [0, 0.1) is 0 Å². The van der Waals surface area contributed by atoms with Gasteiger partial charge in [0.25, 0.3) is 0 Å². The molecule has 2 aromatic heterocycles. The molecule has 28 heavy (non-hydrogen) atoms. The number of nitrogens with zero attached hydrogens (tertiary/aromatic N) is 6. The van der Waals surface area contributed by atoms with Crippen molar-refractivity contribution in [2.24, 2.45) is 0 Å². The molecule has 2 aliphatic rings. The number of halogens is 1. The standard InChI is InChI=1S/C20H21ClN6O/c21-16-4-2-1-3-15(16)13-19(28)26-11-9-25(10-12-26)18-8-7-17-22-23-20(14-5-6-14)27(17)24-18/h1-4,7-8,14H,5-6,9-13H2. The van der Waals surface area contributed by atoms with E-state index in [0.29, 0.717) is 30.5 Å². The minimum Gasteiger partial charge on any atom is -0.352 e. The van der Waals surface area contributed by atoms with Crippen LogP contribution in [0.4, 0.5) is 5.82 Å². The van der Waals surface area contributed by atoms with E-state index in [0.717, 1.165) is 35.9 Å². The first-order chi connectivity index (χ1) is 13.7. The van der Waals surface area contributed by atoms with Gasteiger partial charge in [-0.15, -0.1) is 15.3 Å². The third-order valence-electron chi connectivity index (χ3n) is 5.47. The maximum Gasteiger partial charge on any atom is 0.227 e. The summed E-state index contributed by atoms with van der Waals surface area (Å²) in [5, 5.41) is 13.9. The van der Waals surface area contributed by atoms with Crippen molar-refractivity contribution in [2.45, 2.75) is 25.2 Å². The molecule has 8 heteroatoms.